The van der Waals surface area contributed by atoms with Crippen LogP contribution in [-0.4, -0.2) is 49.6 Å². The number of pyridine rings is 1. The highest BCUT2D eigenvalue weighted by atomic mass is 16.5. The molecule has 0 saturated heterocycles. The van der Waals surface area contributed by atoms with E-state index in [-0.39, 0.29) is 43.0 Å². The summed E-state index contributed by atoms with van der Waals surface area (Å²) >= 11 is 0. The van der Waals surface area contributed by atoms with Crippen molar-refractivity contribution in [1.82, 2.24) is 10.3 Å². The third-order valence-corrected chi connectivity index (χ3v) is 7.61. The van der Waals surface area contributed by atoms with Gasteiger partial charge in [-0.05, 0) is 68.1 Å². The predicted octanol–water partition coefficient (Wildman–Crippen LogP) is 5.83. The van der Waals surface area contributed by atoms with Crippen LogP contribution in [0.1, 0.15) is 69.9 Å². The molecule has 3 amide bonds. The fourth-order valence-corrected chi connectivity index (χ4v) is 5.42. The minimum atomic E-state index is -1.01. The van der Waals surface area contributed by atoms with Gasteiger partial charge in [0.05, 0.1) is 26.5 Å². The number of aromatic nitrogens is 1. The van der Waals surface area contributed by atoms with Gasteiger partial charge < -0.3 is 24.8 Å². The summed E-state index contributed by atoms with van der Waals surface area (Å²) in [7, 11) is 3.06. The van der Waals surface area contributed by atoms with E-state index in [1.807, 2.05) is 19.1 Å². The van der Waals surface area contributed by atoms with Crippen LogP contribution in [0.25, 0.3) is 0 Å². The normalized spacial score (nSPS) is 13.8. The average Bonchev–Trinajstić information content (AvgIpc) is 3.04. The topological polar surface area (TPSA) is 119 Å². The molecule has 0 aliphatic heterocycles. The minimum Gasteiger partial charge on any atom is -0.497 e. The summed E-state index contributed by atoms with van der Waals surface area (Å²) in [6.07, 6.45) is 7.00. The van der Waals surface area contributed by atoms with E-state index in [1.54, 1.807) is 54.7 Å². The molecule has 0 bridgehead atoms. The molecule has 0 spiro atoms. The summed E-state index contributed by atoms with van der Waals surface area (Å²) in [5, 5.41) is 5.97. The molecule has 2 aromatic carbocycles. The lowest BCUT2D eigenvalue weighted by molar-refractivity contribution is -0.127. The van der Waals surface area contributed by atoms with Crippen molar-refractivity contribution in [3.05, 3.63) is 72.4 Å². The van der Waals surface area contributed by atoms with E-state index >= 15 is 0 Å². The molecule has 4 rings (SSSR count). The number of hydrogen-bond donors (Lipinski definition) is 2. The summed E-state index contributed by atoms with van der Waals surface area (Å²) in [4.78, 5) is 46.6. The van der Waals surface area contributed by atoms with E-state index in [9.17, 15) is 14.4 Å². The Bertz CT molecular complexity index is 1380. The molecule has 1 aromatic heterocycles. The van der Waals surface area contributed by atoms with Gasteiger partial charge in [0.15, 0.2) is 0 Å². The second-order valence-electron chi connectivity index (χ2n) is 10.7. The van der Waals surface area contributed by atoms with Gasteiger partial charge in [-0.2, -0.15) is 0 Å². The summed E-state index contributed by atoms with van der Waals surface area (Å²) in [6, 6.07) is 16.6. The molecule has 0 radical (unpaired) electrons. The van der Waals surface area contributed by atoms with Gasteiger partial charge in [-0.15, -0.1) is 0 Å². The molecule has 10 nitrogen and oxygen atoms in total. The molecule has 1 fully saturated rings. The van der Waals surface area contributed by atoms with Gasteiger partial charge in [0.2, 0.25) is 17.7 Å². The Morgan fingerprint density at radius 1 is 0.932 bits per heavy atom. The molecule has 1 aliphatic carbocycles. The van der Waals surface area contributed by atoms with Crippen LogP contribution in [-0.2, 0) is 14.4 Å². The third-order valence-electron chi connectivity index (χ3n) is 7.61. The maximum absolute atomic E-state index is 14.2. The Hall–Kier alpha value is -4.60. The van der Waals surface area contributed by atoms with Gasteiger partial charge in [-0.1, -0.05) is 37.5 Å². The number of nitrogens with zero attached hydrogens (tertiary/aromatic N) is 2. The van der Waals surface area contributed by atoms with Crippen LogP contribution in [0.4, 0.5) is 11.5 Å². The first-order valence-electron chi connectivity index (χ1n) is 15.2. The molecular weight excluding hydrogens is 560 g/mol. The van der Waals surface area contributed by atoms with Gasteiger partial charge >= 0.3 is 0 Å². The Kier molecular flexibility index (Phi) is 12.0. The quantitative estimate of drug-likeness (QED) is 0.238. The average molecular weight is 603 g/mol. The van der Waals surface area contributed by atoms with E-state index in [2.05, 4.69) is 15.6 Å². The van der Waals surface area contributed by atoms with Crippen molar-refractivity contribution in [2.45, 2.75) is 70.4 Å². The maximum Gasteiger partial charge on any atom is 0.248 e. The van der Waals surface area contributed by atoms with Crippen LogP contribution in [0.15, 0.2) is 66.9 Å². The van der Waals surface area contributed by atoms with Crippen molar-refractivity contribution < 1.29 is 28.6 Å². The molecule has 44 heavy (non-hydrogen) atoms. The van der Waals surface area contributed by atoms with Crippen LogP contribution in [0.5, 0.6) is 17.2 Å². The standard InChI is InChI=1S/C34H42N4O6/c1-4-44-26-18-16-24(17-19-26)33(34(41)36-25-11-6-5-7-12-25)38(28-23-27(42-2)20-21-29(28)43-3)32(40)15-10-14-31(39)37-30-13-8-9-22-35-30/h8-9,13,16-23,25,33H,4-7,10-12,14-15H2,1-3H3,(H,36,41)(H,35,37,39). The van der Waals surface area contributed by atoms with Crippen LogP contribution >= 0.6 is 0 Å². The molecule has 1 unspecified atom stereocenters. The predicted molar refractivity (Wildman–Crippen MR) is 169 cm³/mol. The van der Waals surface area contributed by atoms with Crippen LogP contribution in [0.3, 0.4) is 0 Å². The lowest BCUT2D eigenvalue weighted by Crippen LogP contribution is -2.47. The van der Waals surface area contributed by atoms with Crippen molar-refractivity contribution >= 4 is 29.2 Å². The molecule has 1 aliphatic rings. The second kappa shape index (κ2) is 16.3. The molecule has 10 heteroatoms. The number of ether oxygens (including phenoxy) is 3. The molecule has 1 saturated carbocycles. The van der Waals surface area contributed by atoms with Crippen molar-refractivity contribution in [3.8, 4) is 17.2 Å². The van der Waals surface area contributed by atoms with E-state index in [4.69, 9.17) is 14.2 Å². The summed E-state index contributed by atoms with van der Waals surface area (Å²) in [5.74, 6) is 1.16. The van der Waals surface area contributed by atoms with Crippen LogP contribution in [0.2, 0.25) is 0 Å². The molecule has 3 aromatic rings. The van der Waals surface area contributed by atoms with E-state index < -0.39 is 6.04 Å². The number of methoxy groups -OCH3 is 2. The summed E-state index contributed by atoms with van der Waals surface area (Å²) in [6.45, 7) is 2.41. The number of nitrogens with one attached hydrogen (secondary N) is 2. The van der Waals surface area contributed by atoms with Crippen molar-refractivity contribution in [2.24, 2.45) is 0 Å². The summed E-state index contributed by atoms with van der Waals surface area (Å²) in [5.41, 5.74) is 1.01. The first kappa shape index (κ1) is 32.3. The van der Waals surface area contributed by atoms with Gasteiger partial charge in [0, 0.05) is 31.1 Å². The highest BCUT2D eigenvalue weighted by Crippen LogP contribution is 2.39. The summed E-state index contributed by atoms with van der Waals surface area (Å²) < 4.78 is 16.8. The SMILES string of the molecule is CCOc1ccc(C(C(=O)NC2CCCCC2)N(C(=O)CCCC(=O)Nc2ccccn2)c2cc(OC)ccc2OC)cc1. The van der Waals surface area contributed by atoms with Crippen LogP contribution < -0.4 is 29.7 Å². The lowest BCUT2D eigenvalue weighted by Gasteiger charge is -2.34. The first-order chi connectivity index (χ1) is 21.4. The van der Waals surface area contributed by atoms with Crippen molar-refractivity contribution in [3.63, 3.8) is 0 Å². The smallest absolute Gasteiger partial charge is 0.248 e. The van der Waals surface area contributed by atoms with E-state index in [0.29, 0.717) is 40.9 Å². The van der Waals surface area contributed by atoms with E-state index in [0.717, 1.165) is 32.1 Å². The zero-order chi connectivity index (χ0) is 31.3. The number of benzene rings is 2. The number of rotatable bonds is 14. The highest BCUT2D eigenvalue weighted by molar-refractivity contribution is 6.03. The highest BCUT2D eigenvalue weighted by Gasteiger charge is 2.35. The number of carbonyl (C=O) groups excluding carboxylic acids is 3. The Balaban J connectivity index is 1.68. The molecule has 234 valence electrons. The Morgan fingerprint density at radius 3 is 2.34 bits per heavy atom. The lowest BCUT2D eigenvalue weighted by atomic mass is 9.94. The fraction of sp³-hybridized carbons (Fsp3) is 0.412. The van der Waals surface area contributed by atoms with Gasteiger partial charge in [-0.25, -0.2) is 4.98 Å². The number of anilines is 2. The van der Waals surface area contributed by atoms with Crippen molar-refractivity contribution in [1.29, 1.82) is 0 Å². The largest absolute Gasteiger partial charge is 0.497 e. The van der Waals surface area contributed by atoms with Crippen LogP contribution in [0, 0.1) is 0 Å². The maximum atomic E-state index is 14.2. The fourth-order valence-electron chi connectivity index (χ4n) is 5.42. The minimum absolute atomic E-state index is 0.0141. The monoisotopic (exact) mass is 602 g/mol. The molecule has 2 N–H and O–H groups in total. The first-order valence-corrected chi connectivity index (χ1v) is 15.2. The van der Waals surface area contributed by atoms with Gasteiger partial charge in [0.25, 0.3) is 0 Å². The zero-order valence-electron chi connectivity index (χ0n) is 25.7. The molecule has 1 atom stereocenters. The third kappa shape index (κ3) is 8.72. The number of carbonyl (C=O) groups is 3. The van der Waals surface area contributed by atoms with Gasteiger partial charge in [-0.3, -0.25) is 19.3 Å². The zero-order valence-corrected chi connectivity index (χ0v) is 25.7. The molecular formula is C34H42N4O6. The van der Waals surface area contributed by atoms with Gasteiger partial charge in [0.1, 0.15) is 29.1 Å². The van der Waals surface area contributed by atoms with Crippen molar-refractivity contribution in [2.75, 3.05) is 31.0 Å². The second-order valence-corrected chi connectivity index (χ2v) is 10.7. The number of hydrogen-bond acceptors (Lipinski definition) is 7. The van der Waals surface area contributed by atoms with E-state index in [1.165, 1.54) is 19.1 Å². The number of amides is 3. The Labute approximate surface area is 259 Å². The molecule has 1 heterocycles. The Morgan fingerprint density at radius 2 is 1.68 bits per heavy atom.